The molecule has 0 amide bonds. The fraction of sp³-hybridized carbons (Fsp3) is 0.333. The first-order valence-electron chi connectivity index (χ1n) is 3.54. The van der Waals surface area contributed by atoms with E-state index in [2.05, 4.69) is 0 Å². The normalized spacial score (nSPS) is 12.9. The first-order valence-corrected chi connectivity index (χ1v) is 3.54. The highest BCUT2D eigenvalue weighted by Gasteiger charge is 2.07. The van der Waals surface area contributed by atoms with Crippen LogP contribution in [0.1, 0.15) is 11.7 Å². The Bertz CT molecular complexity index is 192. The van der Waals surface area contributed by atoms with Gasteiger partial charge in [-0.05, 0) is 5.56 Å². The maximum absolute atomic E-state index is 10.5. The van der Waals surface area contributed by atoms with Gasteiger partial charge in [-0.1, -0.05) is 30.3 Å². The van der Waals surface area contributed by atoms with E-state index in [4.69, 9.17) is 4.74 Å². The smallest absolute Gasteiger partial charge is 0.113 e. The summed E-state index contributed by atoms with van der Waals surface area (Å²) in [5.41, 5.74) is 0.949. The summed E-state index contributed by atoms with van der Waals surface area (Å²) in [5, 5.41) is 10.5. The predicted octanol–water partition coefficient (Wildman–Crippen LogP) is 1.80. The van der Waals surface area contributed by atoms with Crippen LogP contribution < -0.4 is 0 Å². The van der Waals surface area contributed by atoms with Gasteiger partial charge in [0.2, 0.25) is 0 Å². The molecule has 0 bridgehead atoms. The molecule has 0 aliphatic heterocycles. The van der Waals surface area contributed by atoms with Crippen molar-refractivity contribution in [2.45, 2.75) is 6.10 Å². The topological polar surface area (TPSA) is 29.1 Å². The molecule has 2 nitrogen and oxygen atoms in total. The van der Waals surface area contributed by atoms with Gasteiger partial charge in [0.15, 0.2) is 0 Å². The zero-order valence-electron chi connectivity index (χ0n) is 6.49. The van der Waals surface area contributed by atoms with Gasteiger partial charge in [-0.25, -0.2) is 5.11 Å². The molecule has 0 fully saturated rings. The molecule has 1 atom stereocenters. The Kier molecular flexibility index (Phi) is 3.08. The molecular formula is C9H11O2. The lowest BCUT2D eigenvalue weighted by molar-refractivity contribution is 0.0194. The fourth-order valence-electron chi connectivity index (χ4n) is 0.968. The van der Waals surface area contributed by atoms with Crippen LogP contribution in [0.3, 0.4) is 0 Å². The van der Waals surface area contributed by atoms with Gasteiger partial charge >= 0.3 is 0 Å². The summed E-state index contributed by atoms with van der Waals surface area (Å²) in [7, 11) is 1.55. The average molecular weight is 151 g/mol. The Morgan fingerprint density at radius 3 is 2.45 bits per heavy atom. The van der Waals surface area contributed by atoms with Gasteiger partial charge in [-0.3, -0.25) is 0 Å². The SMILES string of the molecule is COC(C[O])c1ccccc1. The monoisotopic (exact) mass is 151 g/mol. The quantitative estimate of drug-likeness (QED) is 0.647. The second-order valence-corrected chi connectivity index (χ2v) is 2.30. The van der Waals surface area contributed by atoms with Gasteiger partial charge in [0, 0.05) is 7.11 Å². The second-order valence-electron chi connectivity index (χ2n) is 2.30. The van der Waals surface area contributed by atoms with Crippen LogP contribution in [0.25, 0.3) is 0 Å². The van der Waals surface area contributed by atoms with Crippen molar-refractivity contribution in [3.63, 3.8) is 0 Å². The number of hydrogen-bond donors (Lipinski definition) is 0. The molecule has 11 heavy (non-hydrogen) atoms. The minimum Gasteiger partial charge on any atom is -0.374 e. The number of methoxy groups -OCH3 is 1. The molecule has 2 heteroatoms. The highest BCUT2D eigenvalue weighted by atomic mass is 16.5. The Hall–Kier alpha value is -0.860. The van der Waals surface area contributed by atoms with Crippen LogP contribution in [0.4, 0.5) is 0 Å². The molecule has 1 rings (SSSR count). The summed E-state index contributed by atoms with van der Waals surface area (Å²) in [6.45, 7) is -0.222. The van der Waals surface area contributed by atoms with Crippen LogP contribution in [0.2, 0.25) is 0 Å². The molecule has 0 heterocycles. The van der Waals surface area contributed by atoms with Gasteiger partial charge in [0.05, 0.1) is 0 Å². The fourth-order valence-corrected chi connectivity index (χ4v) is 0.968. The molecule has 0 spiro atoms. The van der Waals surface area contributed by atoms with Crippen molar-refractivity contribution in [1.29, 1.82) is 0 Å². The molecule has 1 unspecified atom stereocenters. The van der Waals surface area contributed by atoms with Crippen LogP contribution in [0.5, 0.6) is 0 Å². The first-order chi connectivity index (χ1) is 5.38. The maximum atomic E-state index is 10.5. The third-order valence-electron chi connectivity index (χ3n) is 1.61. The lowest BCUT2D eigenvalue weighted by Gasteiger charge is -2.10. The van der Waals surface area contributed by atoms with Crippen molar-refractivity contribution in [3.8, 4) is 0 Å². The van der Waals surface area contributed by atoms with E-state index in [1.807, 2.05) is 30.3 Å². The number of hydrogen-bond acceptors (Lipinski definition) is 1. The van der Waals surface area contributed by atoms with Crippen molar-refractivity contribution in [2.75, 3.05) is 13.7 Å². The van der Waals surface area contributed by atoms with E-state index < -0.39 is 0 Å². The molecule has 1 aromatic carbocycles. The van der Waals surface area contributed by atoms with Gasteiger partial charge in [0.25, 0.3) is 0 Å². The summed E-state index contributed by atoms with van der Waals surface area (Å²) >= 11 is 0. The summed E-state index contributed by atoms with van der Waals surface area (Å²) < 4.78 is 4.97. The minimum absolute atomic E-state index is 0.222. The van der Waals surface area contributed by atoms with Crippen molar-refractivity contribution >= 4 is 0 Å². The highest BCUT2D eigenvalue weighted by Crippen LogP contribution is 2.14. The standard InChI is InChI=1S/C9H11O2/c1-11-9(7-10)8-5-3-2-4-6-8/h2-6,9H,7H2,1H3. The Morgan fingerprint density at radius 1 is 1.36 bits per heavy atom. The van der Waals surface area contributed by atoms with Crippen LogP contribution >= 0.6 is 0 Å². The van der Waals surface area contributed by atoms with Crippen LogP contribution in [-0.4, -0.2) is 13.7 Å². The Balaban J connectivity index is 2.74. The summed E-state index contributed by atoms with van der Waals surface area (Å²) in [4.78, 5) is 0. The number of rotatable bonds is 3. The molecule has 0 aromatic heterocycles. The molecule has 0 saturated heterocycles. The Morgan fingerprint density at radius 2 is 2.00 bits per heavy atom. The lowest BCUT2D eigenvalue weighted by Crippen LogP contribution is -2.04. The number of benzene rings is 1. The van der Waals surface area contributed by atoms with Crippen molar-refractivity contribution in [2.24, 2.45) is 0 Å². The molecule has 0 N–H and O–H groups in total. The highest BCUT2D eigenvalue weighted by molar-refractivity contribution is 5.17. The van der Waals surface area contributed by atoms with E-state index in [1.54, 1.807) is 7.11 Å². The number of ether oxygens (including phenoxy) is 1. The van der Waals surface area contributed by atoms with E-state index in [-0.39, 0.29) is 12.7 Å². The first kappa shape index (κ1) is 8.24. The van der Waals surface area contributed by atoms with Crippen molar-refractivity contribution < 1.29 is 9.84 Å². The van der Waals surface area contributed by atoms with Crippen LogP contribution in [-0.2, 0) is 9.84 Å². The Labute approximate surface area is 66.4 Å². The molecule has 0 aliphatic carbocycles. The van der Waals surface area contributed by atoms with E-state index in [0.717, 1.165) is 5.56 Å². The van der Waals surface area contributed by atoms with Gasteiger partial charge < -0.3 is 4.74 Å². The van der Waals surface area contributed by atoms with E-state index in [1.165, 1.54) is 0 Å². The summed E-state index contributed by atoms with van der Waals surface area (Å²) in [6, 6.07) is 9.51. The van der Waals surface area contributed by atoms with Crippen molar-refractivity contribution in [3.05, 3.63) is 35.9 Å². The molecule has 1 aromatic rings. The summed E-state index contributed by atoms with van der Waals surface area (Å²) in [5.74, 6) is 0. The zero-order valence-corrected chi connectivity index (χ0v) is 6.49. The third kappa shape index (κ3) is 2.03. The van der Waals surface area contributed by atoms with Gasteiger partial charge in [0.1, 0.15) is 12.7 Å². The summed E-state index contributed by atoms with van der Waals surface area (Å²) in [6.07, 6.45) is -0.295. The lowest BCUT2D eigenvalue weighted by atomic mass is 10.1. The minimum atomic E-state index is -0.295. The van der Waals surface area contributed by atoms with E-state index in [9.17, 15) is 5.11 Å². The largest absolute Gasteiger partial charge is 0.374 e. The zero-order chi connectivity index (χ0) is 8.10. The molecule has 0 aliphatic rings. The third-order valence-corrected chi connectivity index (χ3v) is 1.61. The second kappa shape index (κ2) is 4.11. The van der Waals surface area contributed by atoms with Crippen LogP contribution in [0.15, 0.2) is 30.3 Å². The predicted molar refractivity (Wildman–Crippen MR) is 41.7 cm³/mol. The maximum Gasteiger partial charge on any atom is 0.113 e. The molecular weight excluding hydrogens is 140 g/mol. The van der Waals surface area contributed by atoms with Crippen LogP contribution in [0, 0.1) is 0 Å². The average Bonchev–Trinajstić information content (AvgIpc) is 2.09. The van der Waals surface area contributed by atoms with Crippen molar-refractivity contribution in [1.82, 2.24) is 0 Å². The molecule has 1 radical (unpaired) electrons. The van der Waals surface area contributed by atoms with E-state index >= 15 is 0 Å². The molecule has 59 valence electrons. The van der Waals surface area contributed by atoms with Gasteiger partial charge in [-0.15, -0.1) is 0 Å². The van der Waals surface area contributed by atoms with Gasteiger partial charge in [-0.2, -0.15) is 0 Å². The van der Waals surface area contributed by atoms with E-state index in [0.29, 0.717) is 0 Å². The molecule has 0 saturated carbocycles.